The number of anilines is 1. The molecule has 2 aromatic carbocycles. The van der Waals surface area contributed by atoms with Crippen molar-refractivity contribution in [3.05, 3.63) is 82.9 Å². The number of esters is 1. The standard InChI is InChI=1S/C24H17FN2O6/c1-13-6-7-14(23(30)32-2)10-18(13)20-9-8-17(33-20)12-19-21(28)26-24(31)27(22(19)29)16-5-3-4-15(25)11-16/h3-12H,1-2H3,(H,26,28,31)/b19-12+. The second-order valence-electron chi connectivity index (χ2n) is 7.16. The van der Waals surface area contributed by atoms with Crippen LogP contribution in [0.25, 0.3) is 17.4 Å². The van der Waals surface area contributed by atoms with Gasteiger partial charge in [-0.2, -0.15) is 0 Å². The van der Waals surface area contributed by atoms with Crippen LogP contribution in [0.15, 0.2) is 64.6 Å². The highest BCUT2D eigenvalue weighted by atomic mass is 19.1. The summed E-state index contributed by atoms with van der Waals surface area (Å²) in [7, 11) is 1.28. The number of nitrogens with zero attached hydrogens (tertiary/aromatic N) is 1. The Morgan fingerprint density at radius 3 is 2.61 bits per heavy atom. The van der Waals surface area contributed by atoms with Gasteiger partial charge in [-0.15, -0.1) is 0 Å². The van der Waals surface area contributed by atoms with Crippen molar-refractivity contribution >= 4 is 35.6 Å². The van der Waals surface area contributed by atoms with Crippen LogP contribution in [0.3, 0.4) is 0 Å². The van der Waals surface area contributed by atoms with E-state index in [1.165, 1.54) is 37.5 Å². The molecule has 0 aliphatic carbocycles. The summed E-state index contributed by atoms with van der Waals surface area (Å²) >= 11 is 0. The number of halogens is 1. The second-order valence-corrected chi connectivity index (χ2v) is 7.16. The molecule has 0 saturated carbocycles. The van der Waals surface area contributed by atoms with E-state index >= 15 is 0 Å². The van der Waals surface area contributed by atoms with E-state index in [4.69, 9.17) is 9.15 Å². The number of carbonyl (C=O) groups is 4. The highest BCUT2D eigenvalue weighted by Gasteiger charge is 2.37. The fourth-order valence-electron chi connectivity index (χ4n) is 3.36. The number of barbiturate groups is 1. The van der Waals surface area contributed by atoms with E-state index in [0.29, 0.717) is 21.8 Å². The predicted molar refractivity (Wildman–Crippen MR) is 116 cm³/mol. The molecule has 3 aromatic rings. The van der Waals surface area contributed by atoms with E-state index < -0.39 is 29.6 Å². The fraction of sp³-hybridized carbons (Fsp3) is 0.0833. The minimum atomic E-state index is -0.983. The van der Waals surface area contributed by atoms with Gasteiger partial charge in [0.15, 0.2) is 0 Å². The molecule has 166 valence electrons. The van der Waals surface area contributed by atoms with Crippen molar-refractivity contribution in [2.24, 2.45) is 0 Å². The molecule has 1 fully saturated rings. The quantitative estimate of drug-likeness (QED) is 0.369. The first-order valence-electron chi connectivity index (χ1n) is 9.74. The molecule has 1 saturated heterocycles. The third kappa shape index (κ3) is 4.16. The van der Waals surface area contributed by atoms with Crippen LogP contribution in [0.4, 0.5) is 14.9 Å². The van der Waals surface area contributed by atoms with Gasteiger partial charge in [0.2, 0.25) is 0 Å². The maximum atomic E-state index is 13.6. The number of imide groups is 2. The fourth-order valence-corrected chi connectivity index (χ4v) is 3.36. The predicted octanol–water partition coefficient (Wildman–Crippen LogP) is 3.85. The van der Waals surface area contributed by atoms with E-state index in [0.717, 1.165) is 11.6 Å². The zero-order valence-corrected chi connectivity index (χ0v) is 17.5. The largest absolute Gasteiger partial charge is 0.465 e. The van der Waals surface area contributed by atoms with Gasteiger partial charge in [-0.1, -0.05) is 12.1 Å². The van der Waals surface area contributed by atoms with E-state index in [-0.39, 0.29) is 17.0 Å². The van der Waals surface area contributed by atoms with Gasteiger partial charge in [-0.3, -0.25) is 14.9 Å². The zero-order valence-electron chi connectivity index (χ0n) is 17.5. The molecular weight excluding hydrogens is 431 g/mol. The van der Waals surface area contributed by atoms with Gasteiger partial charge in [-0.05, 0) is 61.0 Å². The number of methoxy groups -OCH3 is 1. The Bertz CT molecular complexity index is 1340. The number of carbonyl (C=O) groups excluding carboxylic acids is 4. The number of hydrogen-bond donors (Lipinski definition) is 1. The molecule has 0 unspecified atom stereocenters. The summed E-state index contributed by atoms with van der Waals surface area (Å²) in [6.45, 7) is 1.83. The first-order valence-corrected chi connectivity index (χ1v) is 9.74. The molecule has 0 bridgehead atoms. The molecule has 9 heteroatoms. The Morgan fingerprint density at radius 1 is 1.09 bits per heavy atom. The Balaban J connectivity index is 1.69. The SMILES string of the molecule is COC(=O)c1ccc(C)c(-c2ccc(/C=C3\C(=O)NC(=O)N(c4cccc(F)c4)C3=O)o2)c1. The highest BCUT2D eigenvalue weighted by molar-refractivity contribution is 6.39. The molecule has 8 nitrogen and oxygen atoms in total. The molecule has 1 aromatic heterocycles. The Kier molecular flexibility index (Phi) is 5.61. The molecule has 4 rings (SSSR count). The lowest BCUT2D eigenvalue weighted by molar-refractivity contribution is -0.122. The van der Waals surface area contributed by atoms with Crippen molar-refractivity contribution in [2.45, 2.75) is 6.92 Å². The highest BCUT2D eigenvalue weighted by Crippen LogP contribution is 2.29. The van der Waals surface area contributed by atoms with E-state index in [1.807, 2.05) is 6.92 Å². The number of benzene rings is 2. The number of hydrogen-bond acceptors (Lipinski definition) is 6. The normalized spacial score (nSPS) is 15.1. The lowest BCUT2D eigenvalue weighted by Crippen LogP contribution is -2.54. The minimum absolute atomic E-state index is 0.0220. The van der Waals surface area contributed by atoms with Gasteiger partial charge in [-0.25, -0.2) is 18.9 Å². The molecule has 0 radical (unpaired) electrons. The van der Waals surface area contributed by atoms with Crippen molar-refractivity contribution in [1.29, 1.82) is 0 Å². The van der Waals surface area contributed by atoms with Gasteiger partial charge in [0.1, 0.15) is 22.9 Å². The first kappa shape index (κ1) is 21.7. The Hall–Kier alpha value is -4.53. The molecule has 0 spiro atoms. The maximum Gasteiger partial charge on any atom is 0.337 e. The molecule has 0 atom stereocenters. The molecule has 2 heterocycles. The maximum absolute atomic E-state index is 13.6. The van der Waals surface area contributed by atoms with Crippen LogP contribution in [0.1, 0.15) is 21.7 Å². The van der Waals surface area contributed by atoms with Crippen LogP contribution in [-0.2, 0) is 14.3 Å². The number of furan rings is 1. The van der Waals surface area contributed by atoms with Crippen molar-refractivity contribution in [3.8, 4) is 11.3 Å². The third-order valence-electron chi connectivity index (χ3n) is 5.01. The van der Waals surface area contributed by atoms with E-state index in [2.05, 4.69) is 5.32 Å². The smallest absolute Gasteiger partial charge is 0.337 e. The molecule has 1 aliphatic heterocycles. The number of amides is 4. The van der Waals surface area contributed by atoms with E-state index in [9.17, 15) is 23.6 Å². The van der Waals surface area contributed by atoms with Crippen LogP contribution in [0, 0.1) is 12.7 Å². The summed E-state index contributed by atoms with van der Waals surface area (Å²) in [5, 5.41) is 2.07. The second kappa shape index (κ2) is 8.54. The van der Waals surface area contributed by atoms with Crippen molar-refractivity contribution in [2.75, 3.05) is 12.0 Å². The van der Waals surface area contributed by atoms with Gasteiger partial charge in [0, 0.05) is 5.56 Å². The molecule has 1 N–H and O–H groups in total. The summed E-state index contributed by atoms with van der Waals surface area (Å²) in [6, 6.07) is 12.0. The topological polar surface area (TPSA) is 106 Å². The average molecular weight is 448 g/mol. The zero-order chi connectivity index (χ0) is 23.7. The summed E-state index contributed by atoms with van der Waals surface area (Å²) in [5.41, 5.74) is 1.40. The van der Waals surface area contributed by atoms with Crippen molar-refractivity contribution in [1.82, 2.24) is 5.32 Å². The van der Waals surface area contributed by atoms with Crippen LogP contribution in [0.5, 0.6) is 0 Å². The lowest BCUT2D eigenvalue weighted by atomic mass is 10.0. The molecule has 4 amide bonds. The van der Waals surface area contributed by atoms with Gasteiger partial charge >= 0.3 is 12.0 Å². The number of aryl methyl sites for hydroxylation is 1. The van der Waals surface area contributed by atoms with Crippen molar-refractivity contribution in [3.63, 3.8) is 0 Å². The molecular formula is C24H17FN2O6. The summed E-state index contributed by atoms with van der Waals surface area (Å²) in [5.74, 6) is -2.41. The van der Waals surface area contributed by atoms with Crippen LogP contribution in [-0.4, -0.2) is 30.9 Å². The number of nitrogens with one attached hydrogen (secondary N) is 1. The summed E-state index contributed by atoms with van der Waals surface area (Å²) in [4.78, 5) is 50.0. The molecule has 1 aliphatic rings. The van der Waals surface area contributed by atoms with Crippen LogP contribution in [0.2, 0.25) is 0 Å². The average Bonchev–Trinajstić information content (AvgIpc) is 3.25. The minimum Gasteiger partial charge on any atom is -0.465 e. The summed E-state index contributed by atoms with van der Waals surface area (Å²) in [6.07, 6.45) is 1.19. The number of ether oxygens (including phenoxy) is 1. The first-order chi connectivity index (χ1) is 15.8. The summed E-state index contributed by atoms with van der Waals surface area (Å²) < 4.78 is 24.1. The monoisotopic (exact) mass is 448 g/mol. The van der Waals surface area contributed by atoms with Crippen LogP contribution < -0.4 is 10.2 Å². The van der Waals surface area contributed by atoms with E-state index in [1.54, 1.807) is 24.3 Å². The molecule has 33 heavy (non-hydrogen) atoms. The third-order valence-corrected chi connectivity index (χ3v) is 5.01. The lowest BCUT2D eigenvalue weighted by Gasteiger charge is -2.26. The van der Waals surface area contributed by atoms with Crippen molar-refractivity contribution < 1.29 is 32.7 Å². The van der Waals surface area contributed by atoms with Gasteiger partial charge in [0.05, 0.1) is 18.4 Å². The number of rotatable bonds is 4. The Labute approximate surface area is 187 Å². The van der Waals surface area contributed by atoms with Gasteiger partial charge in [0.25, 0.3) is 11.8 Å². The van der Waals surface area contributed by atoms with Crippen LogP contribution >= 0.6 is 0 Å². The number of urea groups is 1. The van der Waals surface area contributed by atoms with Gasteiger partial charge < -0.3 is 9.15 Å². The Morgan fingerprint density at radius 2 is 1.88 bits per heavy atom.